The van der Waals surface area contributed by atoms with E-state index < -0.39 is 6.10 Å². The molecule has 5 heteroatoms. The lowest BCUT2D eigenvalue weighted by Crippen LogP contribution is -2.31. The van der Waals surface area contributed by atoms with Gasteiger partial charge in [0.2, 0.25) is 0 Å². The molecule has 0 saturated carbocycles. The van der Waals surface area contributed by atoms with E-state index in [-0.39, 0.29) is 0 Å². The second kappa shape index (κ2) is 7.07. The zero-order valence-electron chi connectivity index (χ0n) is 12.0. The predicted molar refractivity (Wildman–Crippen MR) is 76.1 cm³/mol. The quantitative estimate of drug-likeness (QED) is 0.811. The van der Waals surface area contributed by atoms with Gasteiger partial charge in [0.1, 0.15) is 11.9 Å². The Hall–Kier alpha value is -1.64. The van der Waals surface area contributed by atoms with Crippen molar-refractivity contribution in [1.82, 2.24) is 9.88 Å². The Morgan fingerprint density at radius 1 is 1.42 bits per heavy atom. The van der Waals surface area contributed by atoms with E-state index in [0.717, 1.165) is 5.69 Å². The summed E-state index contributed by atoms with van der Waals surface area (Å²) in [7, 11) is 3.81. The number of anilines is 1. The standard InChI is InChI=1S/C14H22N4O/c1-10(2)13-6-5-11(7-15)14(17-13)16-8-12(19)9-18(3)4/h5-6,10,12,19H,8-9H2,1-4H3,(H,16,17). The number of likely N-dealkylation sites (N-methyl/N-ethyl adjacent to an activating group) is 1. The summed E-state index contributed by atoms with van der Waals surface area (Å²) in [4.78, 5) is 6.35. The zero-order valence-corrected chi connectivity index (χ0v) is 12.0. The lowest BCUT2D eigenvalue weighted by molar-refractivity contribution is 0.148. The monoisotopic (exact) mass is 262 g/mol. The van der Waals surface area contributed by atoms with Gasteiger partial charge in [0, 0.05) is 18.8 Å². The van der Waals surface area contributed by atoms with Crippen LogP contribution in [0.5, 0.6) is 0 Å². The molecule has 1 atom stereocenters. The molecule has 0 saturated heterocycles. The molecule has 0 bridgehead atoms. The molecule has 0 aliphatic carbocycles. The summed E-state index contributed by atoms with van der Waals surface area (Å²) >= 11 is 0. The van der Waals surface area contributed by atoms with Crippen LogP contribution in [0.1, 0.15) is 31.0 Å². The van der Waals surface area contributed by atoms with Gasteiger partial charge >= 0.3 is 0 Å². The van der Waals surface area contributed by atoms with Crippen LogP contribution in [0.25, 0.3) is 0 Å². The first kappa shape index (κ1) is 15.4. The molecule has 0 aliphatic heterocycles. The average Bonchev–Trinajstić information content (AvgIpc) is 2.35. The summed E-state index contributed by atoms with van der Waals surface area (Å²) in [5.74, 6) is 0.853. The highest BCUT2D eigenvalue weighted by atomic mass is 16.3. The third-order valence-electron chi connectivity index (χ3n) is 2.71. The molecular weight excluding hydrogens is 240 g/mol. The minimum absolute atomic E-state index is 0.306. The van der Waals surface area contributed by atoms with E-state index in [2.05, 4.69) is 30.2 Å². The number of nitrogens with zero attached hydrogens (tertiary/aromatic N) is 3. The lowest BCUT2D eigenvalue weighted by atomic mass is 10.1. The molecule has 0 radical (unpaired) electrons. The number of rotatable bonds is 6. The summed E-state index contributed by atoms with van der Waals surface area (Å²) < 4.78 is 0. The second-order valence-electron chi connectivity index (χ2n) is 5.20. The van der Waals surface area contributed by atoms with Crippen LogP contribution in [0, 0.1) is 11.3 Å². The van der Waals surface area contributed by atoms with Gasteiger partial charge < -0.3 is 15.3 Å². The summed E-state index contributed by atoms with van der Waals surface area (Å²) in [6.45, 7) is 5.05. The van der Waals surface area contributed by atoms with E-state index in [4.69, 9.17) is 5.26 Å². The van der Waals surface area contributed by atoms with E-state index in [1.165, 1.54) is 0 Å². The summed E-state index contributed by atoms with van der Waals surface area (Å²) in [6, 6.07) is 5.74. The van der Waals surface area contributed by atoms with Crippen molar-refractivity contribution in [2.24, 2.45) is 0 Å². The van der Waals surface area contributed by atoms with Crippen LogP contribution >= 0.6 is 0 Å². The molecule has 1 unspecified atom stereocenters. The van der Waals surface area contributed by atoms with E-state index in [9.17, 15) is 5.11 Å². The molecule has 0 fully saturated rings. The fourth-order valence-corrected chi connectivity index (χ4v) is 1.72. The first-order chi connectivity index (χ1) is 8.93. The van der Waals surface area contributed by atoms with Gasteiger partial charge in [-0.2, -0.15) is 5.26 Å². The van der Waals surface area contributed by atoms with E-state index >= 15 is 0 Å². The maximum atomic E-state index is 9.81. The Balaban J connectivity index is 2.76. The number of aliphatic hydroxyl groups excluding tert-OH is 1. The Labute approximate surface area is 114 Å². The largest absolute Gasteiger partial charge is 0.390 e. The zero-order chi connectivity index (χ0) is 14.4. The highest BCUT2D eigenvalue weighted by molar-refractivity contribution is 5.52. The molecular formula is C14H22N4O. The van der Waals surface area contributed by atoms with E-state index in [1.807, 2.05) is 25.1 Å². The van der Waals surface area contributed by atoms with Crippen molar-refractivity contribution in [2.75, 3.05) is 32.5 Å². The number of aromatic nitrogens is 1. The van der Waals surface area contributed by atoms with Crippen LogP contribution in [-0.4, -0.2) is 48.3 Å². The van der Waals surface area contributed by atoms with Crippen molar-refractivity contribution < 1.29 is 5.11 Å². The molecule has 1 rings (SSSR count). The topological polar surface area (TPSA) is 72.2 Å². The molecule has 0 spiro atoms. The lowest BCUT2D eigenvalue weighted by Gasteiger charge is -2.17. The van der Waals surface area contributed by atoms with Crippen LogP contribution in [0.15, 0.2) is 12.1 Å². The van der Waals surface area contributed by atoms with Crippen LogP contribution < -0.4 is 5.32 Å². The van der Waals surface area contributed by atoms with Crippen molar-refractivity contribution in [3.63, 3.8) is 0 Å². The summed E-state index contributed by atoms with van der Waals surface area (Å²) in [5, 5.41) is 21.9. The van der Waals surface area contributed by atoms with Gasteiger partial charge in [0.15, 0.2) is 0 Å². The predicted octanol–water partition coefficient (Wildman–Crippen LogP) is 1.41. The molecule has 5 nitrogen and oxygen atoms in total. The van der Waals surface area contributed by atoms with E-state index in [0.29, 0.717) is 30.4 Å². The van der Waals surface area contributed by atoms with Crippen molar-refractivity contribution >= 4 is 5.82 Å². The average molecular weight is 262 g/mol. The van der Waals surface area contributed by atoms with E-state index in [1.54, 1.807) is 6.07 Å². The molecule has 1 heterocycles. The number of hydrogen-bond donors (Lipinski definition) is 2. The van der Waals surface area contributed by atoms with Crippen molar-refractivity contribution in [3.8, 4) is 6.07 Å². The Morgan fingerprint density at radius 3 is 2.63 bits per heavy atom. The minimum Gasteiger partial charge on any atom is -0.390 e. The Kier molecular flexibility index (Phi) is 5.74. The maximum absolute atomic E-state index is 9.81. The third kappa shape index (κ3) is 4.86. The Bertz CT molecular complexity index is 451. The molecule has 1 aromatic rings. The smallest absolute Gasteiger partial charge is 0.144 e. The van der Waals surface area contributed by atoms with Crippen LogP contribution in [-0.2, 0) is 0 Å². The highest BCUT2D eigenvalue weighted by Gasteiger charge is 2.10. The number of aliphatic hydroxyl groups is 1. The van der Waals surface area contributed by atoms with Gasteiger partial charge in [-0.15, -0.1) is 0 Å². The molecule has 0 aromatic carbocycles. The summed E-state index contributed by atoms with van der Waals surface area (Å²) in [5.41, 5.74) is 1.44. The highest BCUT2D eigenvalue weighted by Crippen LogP contribution is 2.18. The third-order valence-corrected chi connectivity index (χ3v) is 2.71. The molecule has 0 aliphatic rings. The molecule has 0 amide bonds. The van der Waals surface area contributed by atoms with Crippen molar-refractivity contribution in [3.05, 3.63) is 23.4 Å². The molecule has 104 valence electrons. The summed E-state index contributed by atoms with van der Waals surface area (Å²) in [6.07, 6.45) is -0.494. The van der Waals surface area contributed by atoms with Crippen molar-refractivity contribution in [1.29, 1.82) is 5.26 Å². The fraction of sp³-hybridized carbons (Fsp3) is 0.571. The number of hydrogen-bond acceptors (Lipinski definition) is 5. The van der Waals surface area contributed by atoms with Gasteiger partial charge in [0.05, 0.1) is 11.7 Å². The second-order valence-corrected chi connectivity index (χ2v) is 5.20. The normalized spacial score (nSPS) is 12.5. The van der Waals surface area contributed by atoms with Gasteiger partial charge in [-0.25, -0.2) is 4.98 Å². The van der Waals surface area contributed by atoms with Crippen molar-refractivity contribution in [2.45, 2.75) is 25.9 Å². The van der Waals surface area contributed by atoms with Gasteiger partial charge in [-0.05, 0) is 32.1 Å². The number of nitrogens with one attached hydrogen (secondary N) is 1. The fourth-order valence-electron chi connectivity index (χ4n) is 1.72. The van der Waals surface area contributed by atoms with Gasteiger partial charge in [0.25, 0.3) is 0 Å². The minimum atomic E-state index is -0.494. The SMILES string of the molecule is CC(C)c1ccc(C#N)c(NCC(O)CN(C)C)n1. The first-order valence-electron chi connectivity index (χ1n) is 6.41. The maximum Gasteiger partial charge on any atom is 0.144 e. The number of nitriles is 1. The molecule has 2 N–H and O–H groups in total. The van der Waals surface area contributed by atoms with Gasteiger partial charge in [-0.3, -0.25) is 0 Å². The first-order valence-corrected chi connectivity index (χ1v) is 6.41. The van der Waals surface area contributed by atoms with Crippen LogP contribution in [0.3, 0.4) is 0 Å². The van der Waals surface area contributed by atoms with Crippen LogP contribution in [0.4, 0.5) is 5.82 Å². The van der Waals surface area contributed by atoms with Crippen LogP contribution in [0.2, 0.25) is 0 Å². The number of pyridine rings is 1. The van der Waals surface area contributed by atoms with Gasteiger partial charge in [-0.1, -0.05) is 13.8 Å². The Morgan fingerprint density at radius 2 is 2.11 bits per heavy atom. The molecule has 19 heavy (non-hydrogen) atoms. The molecule has 1 aromatic heterocycles.